The van der Waals surface area contributed by atoms with Crippen LogP contribution in [0.3, 0.4) is 0 Å². The Morgan fingerprint density at radius 1 is 1.28 bits per heavy atom. The van der Waals surface area contributed by atoms with E-state index in [0.29, 0.717) is 23.8 Å². The number of nitrogens with one attached hydrogen (secondary N) is 1. The van der Waals surface area contributed by atoms with Crippen molar-refractivity contribution in [3.63, 3.8) is 0 Å². The number of nitro groups is 1. The molecule has 8 nitrogen and oxygen atoms in total. The first-order valence-electron chi connectivity index (χ1n) is 9.03. The van der Waals surface area contributed by atoms with Crippen molar-refractivity contribution in [3.05, 3.63) is 63.0 Å². The maximum Gasteiger partial charge on any atom is 0.342 e. The fourth-order valence-corrected chi connectivity index (χ4v) is 3.77. The molecule has 0 atom stereocenters. The molecule has 0 saturated carbocycles. The SMILES string of the molecule is CCN(CC)c1ccc([N+](=O)[O-])cc1/C=C(/Sc1nc2ccccc2[nH]1)C(=O)O. The molecule has 1 aromatic heterocycles. The van der Waals surface area contributed by atoms with Crippen LogP contribution in [0.5, 0.6) is 0 Å². The van der Waals surface area contributed by atoms with Crippen molar-refractivity contribution in [1.29, 1.82) is 0 Å². The van der Waals surface area contributed by atoms with E-state index in [1.165, 1.54) is 18.2 Å². The Kier molecular flexibility index (Phi) is 6.18. The van der Waals surface area contributed by atoms with E-state index >= 15 is 0 Å². The molecule has 0 fully saturated rings. The molecule has 3 rings (SSSR count). The summed E-state index contributed by atoms with van der Waals surface area (Å²) in [6, 6.07) is 11.9. The van der Waals surface area contributed by atoms with E-state index in [-0.39, 0.29) is 10.6 Å². The number of benzene rings is 2. The lowest BCUT2D eigenvalue weighted by atomic mass is 10.1. The van der Waals surface area contributed by atoms with Crippen molar-refractivity contribution in [2.24, 2.45) is 0 Å². The van der Waals surface area contributed by atoms with Gasteiger partial charge in [0.05, 0.1) is 16.0 Å². The van der Waals surface area contributed by atoms with Crippen molar-refractivity contribution < 1.29 is 14.8 Å². The number of H-pyrrole nitrogens is 1. The summed E-state index contributed by atoms with van der Waals surface area (Å²) < 4.78 is 0. The highest BCUT2D eigenvalue weighted by Gasteiger charge is 2.17. The molecule has 0 unspecified atom stereocenters. The van der Waals surface area contributed by atoms with Gasteiger partial charge >= 0.3 is 5.97 Å². The lowest BCUT2D eigenvalue weighted by molar-refractivity contribution is -0.384. The molecule has 2 N–H and O–H groups in total. The first-order valence-corrected chi connectivity index (χ1v) is 9.85. The summed E-state index contributed by atoms with van der Waals surface area (Å²) in [4.78, 5) is 32.1. The molecule has 29 heavy (non-hydrogen) atoms. The molecule has 2 aromatic carbocycles. The number of carboxylic acids is 1. The number of thioether (sulfide) groups is 1. The van der Waals surface area contributed by atoms with Gasteiger partial charge < -0.3 is 15.0 Å². The second-order valence-electron chi connectivity index (χ2n) is 6.15. The minimum Gasteiger partial charge on any atom is -0.477 e. The predicted molar refractivity (Wildman–Crippen MR) is 114 cm³/mol. The van der Waals surface area contributed by atoms with Gasteiger partial charge in [0.25, 0.3) is 5.69 Å². The molecule has 0 aliphatic rings. The van der Waals surface area contributed by atoms with E-state index in [9.17, 15) is 20.0 Å². The number of anilines is 1. The highest BCUT2D eigenvalue weighted by atomic mass is 32.2. The van der Waals surface area contributed by atoms with Crippen LogP contribution in [0.4, 0.5) is 11.4 Å². The minimum atomic E-state index is -1.13. The molecule has 1 heterocycles. The topological polar surface area (TPSA) is 112 Å². The summed E-state index contributed by atoms with van der Waals surface area (Å²) in [5, 5.41) is 21.4. The Bertz CT molecular complexity index is 1060. The lowest BCUT2D eigenvalue weighted by Gasteiger charge is -2.23. The van der Waals surface area contributed by atoms with E-state index in [0.717, 1.165) is 28.5 Å². The monoisotopic (exact) mass is 412 g/mol. The Hall–Kier alpha value is -3.33. The van der Waals surface area contributed by atoms with Gasteiger partial charge in [0, 0.05) is 36.5 Å². The number of fused-ring (bicyclic) bond motifs is 1. The normalized spacial score (nSPS) is 11.6. The zero-order valence-electron chi connectivity index (χ0n) is 16.0. The van der Waals surface area contributed by atoms with Crippen LogP contribution in [0.1, 0.15) is 19.4 Å². The van der Waals surface area contributed by atoms with Crippen LogP contribution in [-0.4, -0.2) is 39.1 Å². The third-order valence-electron chi connectivity index (χ3n) is 4.40. The van der Waals surface area contributed by atoms with E-state index in [4.69, 9.17) is 0 Å². The first kappa shape index (κ1) is 20.4. The quantitative estimate of drug-likeness (QED) is 0.242. The largest absolute Gasteiger partial charge is 0.477 e. The van der Waals surface area contributed by atoms with Crippen LogP contribution in [0.15, 0.2) is 52.5 Å². The molecule has 3 aromatic rings. The molecular weight excluding hydrogens is 392 g/mol. The number of hydrogen-bond donors (Lipinski definition) is 2. The Morgan fingerprint density at radius 3 is 2.62 bits per heavy atom. The summed E-state index contributed by atoms with van der Waals surface area (Å²) in [7, 11) is 0. The van der Waals surface area contributed by atoms with Crippen LogP contribution < -0.4 is 4.90 Å². The zero-order valence-corrected chi connectivity index (χ0v) is 16.8. The highest BCUT2D eigenvalue weighted by Crippen LogP contribution is 2.32. The smallest absolute Gasteiger partial charge is 0.342 e. The van der Waals surface area contributed by atoms with Gasteiger partial charge in [-0.05, 0) is 49.9 Å². The number of carbonyl (C=O) groups is 1. The molecule has 0 radical (unpaired) electrons. The Morgan fingerprint density at radius 2 is 2.00 bits per heavy atom. The van der Waals surface area contributed by atoms with Crippen molar-refractivity contribution >= 4 is 46.2 Å². The minimum absolute atomic E-state index is 0.0120. The van der Waals surface area contributed by atoms with Gasteiger partial charge in [-0.1, -0.05) is 12.1 Å². The first-order chi connectivity index (χ1) is 13.9. The number of aromatic nitrogens is 2. The molecule has 9 heteroatoms. The molecule has 0 aliphatic heterocycles. The average Bonchev–Trinajstić information content (AvgIpc) is 3.11. The third kappa shape index (κ3) is 4.57. The van der Waals surface area contributed by atoms with E-state index in [1.54, 1.807) is 6.07 Å². The van der Waals surface area contributed by atoms with Crippen molar-refractivity contribution in [2.75, 3.05) is 18.0 Å². The van der Waals surface area contributed by atoms with Gasteiger partial charge in [0.15, 0.2) is 5.16 Å². The number of nitrogens with zero attached hydrogens (tertiary/aromatic N) is 3. The van der Waals surface area contributed by atoms with Crippen molar-refractivity contribution in [3.8, 4) is 0 Å². The van der Waals surface area contributed by atoms with Gasteiger partial charge in [-0.3, -0.25) is 10.1 Å². The van der Waals surface area contributed by atoms with E-state index in [2.05, 4.69) is 9.97 Å². The number of aromatic amines is 1. The van der Waals surface area contributed by atoms with E-state index < -0.39 is 10.9 Å². The fourth-order valence-electron chi connectivity index (χ4n) is 2.98. The third-order valence-corrected chi connectivity index (χ3v) is 5.30. The molecule has 150 valence electrons. The highest BCUT2D eigenvalue weighted by molar-refractivity contribution is 8.04. The Balaban J connectivity index is 2.05. The summed E-state index contributed by atoms with van der Waals surface area (Å²) in [5.74, 6) is -1.13. The maximum absolute atomic E-state index is 11.9. The maximum atomic E-state index is 11.9. The lowest BCUT2D eigenvalue weighted by Crippen LogP contribution is -2.22. The zero-order chi connectivity index (χ0) is 21.0. The van der Waals surface area contributed by atoms with Crippen LogP contribution in [0.25, 0.3) is 17.1 Å². The average molecular weight is 412 g/mol. The summed E-state index contributed by atoms with van der Waals surface area (Å²) in [6.07, 6.45) is 1.46. The number of carboxylic acid groups (broad SMARTS) is 1. The molecule has 0 bridgehead atoms. The number of para-hydroxylation sites is 2. The summed E-state index contributed by atoms with van der Waals surface area (Å²) >= 11 is 0.974. The molecule has 0 amide bonds. The molecule has 0 saturated heterocycles. The van der Waals surface area contributed by atoms with Crippen molar-refractivity contribution in [2.45, 2.75) is 19.0 Å². The number of imidazole rings is 1. The number of non-ortho nitro benzene ring substituents is 1. The number of hydrogen-bond acceptors (Lipinski definition) is 6. The molecule has 0 spiro atoms. The second-order valence-corrected chi connectivity index (χ2v) is 7.18. The number of nitro benzene ring substituents is 1. The van der Waals surface area contributed by atoms with Gasteiger partial charge in [-0.2, -0.15) is 0 Å². The fraction of sp³-hybridized carbons (Fsp3) is 0.200. The van der Waals surface area contributed by atoms with Gasteiger partial charge in [0.1, 0.15) is 4.91 Å². The second kappa shape index (κ2) is 8.78. The van der Waals surface area contributed by atoms with Crippen LogP contribution in [-0.2, 0) is 4.79 Å². The van der Waals surface area contributed by atoms with E-state index in [1.807, 2.05) is 43.0 Å². The van der Waals surface area contributed by atoms with Gasteiger partial charge in [-0.15, -0.1) is 0 Å². The van der Waals surface area contributed by atoms with Crippen LogP contribution in [0, 0.1) is 10.1 Å². The number of aliphatic carboxylic acids is 1. The van der Waals surface area contributed by atoms with Crippen LogP contribution in [0.2, 0.25) is 0 Å². The predicted octanol–water partition coefficient (Wildman–Crippen LogP) is 4.54. The van der Waals surface area contributed by atoms with Crippen molar-refractivity contribution in [1.82, 2.24) is 9.97 Å². The standard InChI is InChI=1S/C20H20N4O4S/c1-3-23(4-2)17-10-9-14(24(27)28)11-13(17)12-18(19(25)26)29-20-21-15-7-5-6-8-16(15)22-20/h5-12H,3-4H2,1-2H3,(H,21,22)(H,25,26)/b18-12+. The summed E-state index contributed by atoms with van der Waals surface area (Å²) in [6.45, 7) is 5.32. The van der Waals surface area contributed by atoms with Crippen LogP contribution >= 0.6 is 11.8 Å². The van der Waals surface area contributed by atoms with Gasteiger partial charge in [-0.25, -0.2) is 9.78 Å². The van der Waals surface area contributed by atoms with Gasteiger partial charge in [0.2, 0.25) is 0 Å². The summed E-state index contributed by atoms with van der Waals surface area (Å²) in [5.41, 5.74) is 2.66. The Labute approximate surface area is 171 Å². The molecular formula is C20H20N4O4S. The number of rotatable bonds is 8. The molecule has 0 aliphatic carbocycles.